The highest BCUT2D eigenvalue weighted by Crippen LogP contribution is 2.47. The van der Waals surface area contributed by atoms with Crippen molar-refractivity contribution in [3.05, 3.63) is 57.4 Å². The molecule has 0 saturated carbocycles. The Kier molecular flexibility index (Phi) is 10.6. The van der Waals surface area contributed by atoms with Crippen molar-refractivity contribution in [2.75, 3.05) is 6.61 Å². The first-order valence-electron chi connectivity index (χ1n) is 17.0. The van der Waals surface area contributed by atoms with E-state index in [4.69, 9.17) is 18.0 Å². The van der Waals surface area contributed by atoms with Crippen LogP contribution in [0.25, 0.3) is 16.9 Å². The van der Waals surface area contributed by atoms with Crippen LogP contribution in [0.2, 0.25) is 54.4 Å². The summed E-state index contributed by atoms with van der Waals surface area (Å²) in [6.07, 6.45) is 0.800. The van der Waals surface area contributed by atoms with Crippen LogP contribution in [0.15, 0.2) is 41.7 Å². The first kappa shape index (κ1) is 39.2. The van der Waals surface area contributed by atoms with E-state index < -0.39 is 60.0 Å². The van der Waals surface area contributed by atoms with Crippen molar-refractivity contribution in [3.63, 3.8) is 0 Å². The van der Waals surface area contributed by atoms with Gasteiger partial charge in [-0.2, -0.15) is 0 Å². The topological polar surface area (TPSA) is 133 Å². The summed E-state index contributed by atoms with van der Waals surface area (Å²) in [5, 5.41) is 11.2. The molecular formula is C34H57N5O7Si3. The molecule has 1 saturated heterocycles. The standard InChI is InChI=1S/C34H57N5O7Si3/c1-32(2,3)47(10,11)43-20-25-27(45-48(12,13)33(4,5)6)28(46-49(14,15)34(7,8)9)31(44-25)38-21-35-26-29(38)36-22-37(30(26)40)23-17-16-18-24(19-23)39(41)42/h16-19,21-22,25,27-28,31H,20H2,1-15H3/t25-,27-,28-,31-/m1/s1. The van der Waals surface area contributed by atoms with E-state index in [0.29, 0.717) is 17.9 Å². The molecule has 3 aromatic rings. The highest BCUT2D eigenvalue weighted by Gasteiger charge is 2.55. The molecule has 49 heavy (non-hydrogen) atoms. The number of aromatic nitrogens is 4. The minimum Gasteiger partial charge on any atom is -0.414 e. The Morgan fingerprint density at radius 1 is 0.837 bits per heavy atom. The zero-order valence-corrected chi connectivity index (χ0v) is 35.1. The highest BCUT2D eigenvalue weighted by atomic mass is 28.4. The SMILES string of the molecule is CC(C)(C)[Si](C)(C)OC[C@H]1O[C@@H](n2cnc3c(=O)n(-c4cccc([N+](=O)[O-])c4)cnc32)[C@H](O[Si](C)(C)C(C)(C)C)[C@@H]1O[Si](C)(C)C(C)(C)C. The second kappa shape index (κ2) is 13.2. The van der Waals surface area contributed by atoms with Crippen LogP contribution in [0.4, 0.5) is 5.69 Å². The largest absolute Gasteiger partial charge is 0.414 e. The van der Waals surface area contributed by atoms with Gasteiger partial charge in [-0.15, -0.1) is 0 Å². The van der Waals surface area contributed by atoms with Gasteiger partial charge in [-0.3, -0.25) is 24.0 Å². The maximum absolute atomic E-state index is 13.8. The lowest BCUT2D eigenvalue weighted by atomic mass is 10.1. The summed E-state index contributed by atoms with van der Waals surface area (Å²) < 4.78 is 31.3. The zero-order valence-electron chi connectivity index (χ0n) is 32.1. The Balaban J connectivity index is 1.87. The third kappa shape index (κ3) is 7.87. The van der Waals surface area contributed by atoms with E-state index >= 15 is 0 Å². The van der Waals surface area contributed by atoms with Gasteiger partial charge in [-0.1, -0.05) is 68.4 Å². The van der Waals surface area contributed by atoms with Crippen molar-refractivity contribution < 1.29 is 22.9 Å². The van der Waals surface area contributed by atoms with E-state index in [9.17, 15) is 14.9 Å². The van der Waals surface area contributed by atoms with E-state index in [-0.39, 0.29) is 26.3 Å². The van der Waals surface area contributed by atoms with Gasteiger partial charge < -0.3 is 18.0 Å². The highest BCUT2D eigenvalue weighted by molar-refractivity contribution is 6.75. The molecule has 0 amide bonds. The van der Waals surface area contributed by atoms with Crippen molar-refractivity contribution in [2.24, 2.45) is 0 Å². The molecule has 1 aliphatic rings. The fourth-order valence-corrected chi connectivity index (χ4v) is 8.53. The summed E-state index contributed by atoms with van der Waals surface area (Å²) in [6, 6.07) is 5.87. The van der Waals surface area contributed by atoms with Crippen LogP contribution in [0, 0.1) is 10.1 Å². The molecule has 3 heterocycles. The quantitative estimate of drug-likeness (QED) is 0.115. The second-order valence-electron chi connectivity index (χ2n) is 17.8. The van der Waals surface area contributed by atoms with Gasteiger partial charge in [-0.05, 0) is 60.5 Å². The molecule has 1 fully saturated rings. The van der Waals surface area contributed by atoms with Gasteiger partial charge in [0.1, 0.15) is 24.6 Å². The molecule has 15 heteroatoms. The summed E-state index contributed by atoms with van der Waals surface area (Å²) >= 11 is 0. The Morgan fingerprint density at radius 2 is 1.39 bits per heavy atom. The number of nitrogens with zero attached hydrogens (tertiary/aromatic N) is 5. The van der Waals surface area contributed by atoms with Crippen molar-refractivity contribution >= 4 is 41.8 Å². The second-order valence-corrected chi connectivity index (χ2v) is 32.2. The fourth-order valence-electron chi connectivity index (χ4n) is 4.91. The Morgan fingerprint density at radius 3 is 1.92 bits per heavy atom. The van der Waals surface area contributed by atoms with Gasteiger partial charge in [0.25, 0.3) is 11.2 Å². The Hall–Kier alpha value is -2.54. The normalized spacial score (nSPS) is 21.4. The van der Waals surface area contributed by atoms with E-state index in [1.165, 1.54) is 29.1 Å². The predicted octanol–water partition coefficient (Wildman–Crippen LogP) is 8.19. The minimum atomic E-state index is -2.40. The molecule has 0 radical (unpaired) electrons. The molecule has 0 spiro atoms. The zero-order chi connectivity index (χ0) is 37.1. The minimum absolute atomic E-state index is 0.00137. The number of rotatable bonds is 10. The van der Waals surface area contributed by atoms with Gasteiger partial charge >= 0.3 is 0 Å². The lowest BCUT2D eigenvalue weighted by Crippen LogP contribution is -2.54. The molecule has 12 nitrogen and oxygen atoms in total. The molecule has 1 aliphatic heterocycles. The van der Waals surface area contributed by atoms with Crippen LogP contribution in [0.1, 0.15) is 68.5 Å². The average Bonchev–Trinajstić information content (AvgIpc) is 3.51. The molecular weight excluding hydrogens is 675 g/mol. The molecule has 272 valence electrons. The van der Waals surface area contributed by atoms with Crippen LogP contribution >= 0.6 is 0 Å². The summed E-state index contributed by atoms with van der Waals surface area (Å²) in [4.78, 5) is 33.9. The lowest BCUT2D eigenvalue weighted by Gasteiger charge is -2.44. The summed E-state index contributed by atoms with van der Waals surface area (Å²) in [6.45, 7) is 33.6. The van der Waals surface area contributed by atoms with E-state index in [2.05, 4.69) is 112 Å². The third-order valence-electron chi connectivity index (χ3n) is 11.3. The van der Waals surface area contributed by atoms with Crippen molar-refractivity contribution in [3.8, 4) is 5.69 Å². The number of non-ortho nitro benzene ring substituents is 1. The number of nitro benzene ring substituents is 1. The maximum atomic E-state index is 13.8. The summed E-state index contributed by atoms with van der Waals surface area (Å²) in [5.74, 6) is 0. The first-order chi connectivity index (χ1) is 22.2. The van der Waals surface area contributed by atoms with Gasteiger partial charge in [0, 0.05) is 12.1 Å². The van der Waals surface area contributed by atoms with Crippen LogP contribution in [0.3, 0.4) is 0 Å². The molecule has 4 rings (SSSR count). The van der Waals surface area contributed by atoms with E-state index in [0.717, 1.165) is 0 Å². The molecule has 0 aliphatic carbocycles. The number of ether oxygens (including phenoxy) is 1. The molecule has 0 unspecified atom stereocenters. The smallest absolute Gasteiger partial charge is 0.286 e. The third-order valence-corrected chi connectivity index (χ3v) is 24.7. The molecule has 0 bridgehead atoms. The van der Waals surface area contributed by atoms with Crippen LogP contribution in [-0.4, -0.2) is 73.9 Å². The van der Waals surface area contributed by atoms with Crippen LogP contribution < -0.4 is 5.56 Å². The van der Waals surface area contributed by atoms with Gasteiger partial charge in [0.15, 0.2) is 42.3 Å². The van der Waals surface area contributed by atoms with E-state index in [1.807, 2.05) is 0 Å². The molecule has 2 aromatic heterocycles. The molecule has 4 atom stereocenters. The van der Waals surface area contributed by atoms with E-state index in [1.54, 1.807) is 17.0 Å². The number of benzene rings is 1. The Bertz CT molecular complexity index is 1730. The van der Waals surface area contributed by atoms with Crippen LogP contribution in [-0.2, 0) is 18.0 Å². The van der Waals surface area contributed by atoms with Gasteiger partial charge in [0.05, 0.1) is 23.5 Å². The number of hydrogen-bond acceptors (Lipinski definition) is 9. The number of fused-ring (bicyclic) bond motifs is 1. The number of imidazole rings is 1. The lowest BCUT2D eigenvalue weighted by molar-refractivity contribution is -0.384. The van der Waals surface area contributed by atoms with Gasteiger partial charge in [0.2, 0.25) is 0 Å². The molecule has 1 aromatic carbocycles. The van der Waals surface area contributed by atoms with Crippen molar-refractivity contribution in [1.29, 1.82) is 0 Å². The van der Waals surface area contributed by atoms with Gasteiger partial charge in [-0.25, -0.2) is 9.97 Å². The predicted molar refractivity (Wildman–Crippen MR) is 201 cm³/mol. The van der Waals surface area contributed by atoms with Crippen molar-refractivity contribution in [1.82, 2.24) is 19.1 Å². The number of nitro groups is 1. The van der Waals surface area contributed by atoms with Crippen molar-refractivity contribution in [2.45, 2.75) is 141 Å². The Labute approximate surface area is 294 Å². The molecule has 0 N–H and O–H groups in total. The van der Waals surface area contributed by atoms with Crippen LogP contribution in [0.5, 0.6) is 0 Å². The fraction of sp³-hybridized carbons (Fsp3) is 0.676. The first-order valence-corrected chi connectivity index (χ1v) is 25.8. The average molecular weight is 732 g/mol. The maximum Gasteiger partial charge on any atom is 0.286 e. The monoisotopic (exact) mass is 731 g/mol. The number of hydrogen-bond donors (Lipinski definition) is 0. The summed E-state index contributed by atoms with van der Waals surface area (Å²) in [7, 11) is -6.92. The summed E-state index contributed by atoms with van der Waals surface area (Å²) in [5.41, 5.74) is 0.198.